The molecule has 0 aliphatic carbocycles. The number of thioether (sulfide) groups is 1. The fourth-order valence-corrected chi connectivity index (χ4v) is 7.00. The van der Waals surface area contributed by atoms with E-state index in [1.165, 1.54) is 11.1 Å². The van der Waals surface area contributed by atoms with Gasteiger partial charge >= 0.3 is 0 Å². The quantitative estimate of drug-likeness (QED) is 0.842. The van der Waals surface area contributed by atoms with Crippen molar-refractivity contribution in [2.45, 2.75) is 18.3 Å². The van der Waals surface area contributed by atoms with E-state index in [-0.39, 0.29) is 6.04 Å². The smallest absolute Gasteiger partial charge is 0.164 e. The highest BCUT2D eigenvalue weighted by atomic mass is 79.9. The Bertz CT molecular complexity index is 554. The Kier molecular flexibility index (Phi) is 5.58. The first-order chi connectivity index (χ1) is 9.34. The largest absolute Gasteiger partial charge is 0.329 e. The van der Waals surface area contributed by atoms with Gasteiger partial charge in [0.15, 0.2) is 9.84 Å². The third-order valence-corrected chi connectivity index (χ3v) is 8.34. The molecule has 114 valence electrons. The SMILES string of the molecule is Cc1sc(C(CN)N2CCSCC2S(C)(=O)=O)cc1Br. The summed E-state index contributed by atoms with van der Waals surface area (Å²) in [6, 6.07) is 2.05. The second-order valence-electron chi connectivity index (χ2n) is 4.90. The predicted molar refractivity (Wildman–Crippen MR) is 91.2 cm³/mol. The topological polar surface area (TPSA) is 63.4 Å². The van der Waals surface area contributed by atoms with Gasteiger partial charge in [-0.1, -0.05) is 0 Å². The van der Waals surface area contributed by atoms with Crippen LogP contribution < -0.4 is 5.73 Å². The van der Waals surface area contributed by atoms with Crippen LogP contribution in [0.2, 0.25) is 0 Å². The number of halogens is 1. The monoisotopic (exact) mass is 398 g/mol. The minimum atomic E-state index is -3.10. The van der Waals surface area contributed by atoms with E-state index in [4.69, 9.17) is 5.73 Å². The van der Waals surface area contributed by atoms with Gasteiger partial charge in [0.25, 0.3) is 0 Å². The average Bonchev–Trinajstić information content (AvgIpc) is 2.70. The molecular weight excluding hydrogens is 380 g/mol. The zero-order chi connectivity index (χ0) is 14.9. The molecule has 0 radical (unpaired) electrons. The average molecular weight is 399 g/mol. The minimum Gasteiger partial charge on any atom is -0.329 e. The molecule has 0 amide bonds. The lowest BCUT2D eigenvalue weighted by Crippen LogP contribution is -2.50. The normalized spacial score (nSPS) is 22.9. The van der Waals surface area contributed by atoms with Crippen molar-refractivity contribution in [3.05, 3.63) is 20.3 Å². The fraction of sp³-hybridized carbons (Fsp3) is 0.667. The highest BCUT2D eigenvalue weighted by Gasteiger charge is 2.36. The van der Waals surface area contributed by atoms with Crippen molar-refractivity contribution in [1.29, 1.82) is 0 Å². The second kappa shape index (κ2) is 6.66. The van der Waals surface area contributed by atoms with E-state index in [0.29, 0.717) is 12.3 Å². The van der Waals surface area contributed by atoms with Gasteiger partial charge in [-0.15, -0.1) is 11.3 Å². The summed E-state index contributed by atoms with van der Waals surface area (Å²) in [5.41, 5.74) is 5.95. The lowest BCUT2D eigenvalue weighted by molar-refractivity contribution is 0.200. The van der Waals surface area contributed by atoms with Gasteiger partial charge in [0.05, 0.1) is 6.04 Å². The van der Waals surface area contributed by atoms with Crippen LogP contribution in [0.15, 0.2) is 10.5 Å². The molecule has 0 saturated carbocycles. The van der Waals surface area contributed by atoms with E-state index in [0.717, 1.165) is 21.6 Å². The van der Waals surface area contributed by atoms with Gasteiger partial charge in [-0.05, 0) is 28.9 Å². The molecule has 2 heterocycles. The second-order valence-corrected chi connectivity index (χ2v) is 10.4. The molecule has 2 atom stereocenters. The maximum absolute atomic E-state index is 12.0. The van der Waals surface area contributed by atoms with E-state index in [9.17, 15) is 8.42 Å². The maximum atomic E-state index is 12.0. The molecule has 2 N–H and O–H groups in total. The number of sulfone groups is 1. The first kappa shape index (κ1) is 16.8. The van der Waals surface area contributed by atoms with Gasteiger partial charge in [-0.25, -0.2) is 8.42 Å². The highest BCUT2D eigenvalue weighted by Crippen LogP contribution is 2.36. The van der Waals surface area contributed by atoms with Gasteiger partial charge in [-0.2, -0.15) is 11.8 Å². The summed E-state index contributed by atoms with van der Waals surface area (Å²) in [6.45, 7) is 3.24. The van der Waals surface area contributed by atoms with Crippen LogP contribution in [0.25, 0.3) is 0 Å². The van der Waals surface area contributed by atoms with Crippen LogP contribution in [0.4, 0.5) is 0 Å². The molecule has 0 aromatic carbocycles. The van der Waals surface area contributed by atoms with Crippen LogP contribution in [0.3, 0.4) is 0 Å². The summed E-state index contributed by atoms with van der Waals surface area (Å²) < 4.78 is 25.1. The first-order valence-corrected chi connectivity index (χ1v) is 11.0. The van der Waals surface area contributed by atoms with E-state index in [2.05, 4.69) is 26.9 Å². The number of hydrogen-bond donors (Lipinski definition) is 1. The van der Waals surface area contributed by atoms with Crippen molar-refractivity contribution >= 4 is 48.9 Å². The number of nitrogens with two attached hydrogens (primary N) is 1. The Morgan fingerprint density at radius 2 is 2.30 bits per heavy atom. The van der Waals surface area contributed by atoms with Crippen molar-refractivity contribution in [3.63, 3.8) is 0 Å². The van der Waals surface area contributed by atoms with Crippen molar-refractivity contribution in [3.8, 4) is 0 Å². The Labute approximate surface area is 137 Å². The summed E-state index contributed by atoms with van der Waals surface area (Å²) in [7, 11) is -3.10. The van der Waals surface area contributed by atoms with Gasteiger partial charge in [-0.3, -0.25) is 4.90 Å². The number of thiophene rings is 1. The fourth-order valence-electron chi connectivity index (χ4n) is 2.38. The van der Waals surface area contributed by atoms with Crippen molar-refractivity contribution in [2.24, 2.45) is 5.73 Å². The Morgan fingerprint density at radius 3 is 2.80 bits per heavy atom. The Morgan fingerprint density at radius 1 is 1.60 bits per heavy atom. The van der Waals surface area contributed by atoms with Gasteiger partial charge < -0.3 is 5.73 Å². The molecule has 2 rings (SSSR count). The van der Waals surface area contributed by atoms with Crippen LogP contribution in [0.1, 0.15) is 15.8 Å². The van der Waals surface area contributed by atoms with E-state index >= 15 is 0 Å². The van der Waals surface area contributed by atoms with Gasteiger partial charge in [0.1, 0.15) is 5.37 Å². The summed E-state index contributed by atoms with van der Waals surface area (Å²) in [4.78, 5) is 4.39. The molecule has 1 fully saturated rings. The summed E-state index contributed by atoms with van der Waals surface area (Å²) in [6.07, 6.45) is 1.32. The summed E-state index contributed by atoms with van der Waals surface area (Å²) >= 11 is 6.90. The zero-order valence-corrected chi connectivity index (χ0v) is 15.5. The standard InChI is InChI=1S/C12H19BrN2O2S3/c1-8-9(13)5-11(19-8)10(6-14)15-3-4-18-7-12(15)20(2,16)17/h5,10,12H,3-4,6-7,14H2,1-2H3. The third kappa shape index (κ3) is 3.59. The zero-order valence-electron chi connectivity index (χ0n) is 11.5. The molecule has 4 nitrogen and oxygen atoms in total. The molecule has 1 saturated heterocycles. The predicted octanol–water partition coefficient (Wildman–Crippen LogP) is 2.24. The molecule has 1 aliphatic heterocycles. The summed E-state index contributed by atoms with van der Waals surface area (Å²) in [5.74, 6) is 1.58. The van der Waals surface area contributed by atoms with E-state index in [1.807, 2.05) is 6.92 Å². The first-order valence-electron chi connectivity index (χ1n) is 6.33. The number of rotatable bonds is 4. The van der Waals surface area contributed by atoms with Gasteiger partial charge in [0, 0.05) is 45.1 Å². The molecule has 8 heteroatoms. The number of aryl methyl sites for hydroxylation is 1. The Hall–Kier alpha value is 0.400. The third-order valence-electron chi connectivity index (χ3n) is 3.45. The van der Waals surface area contributed by atoms with Crippen molar-refractivity contribution < 1.29 is 8.42 Å². The van der Waals surface area contributed by atoms with Crippen LogP contribution in [-0.4, -0.2) is 49.5 Å². The number of nitrogens with zero attached hydrogens (tertiary/aromatic N) is 1. The molecule has 0 spiro atoms. The van der Waals surface area contributed by atoms with Crippen LogP contribution in [-0.2, 0) is 9.84 Å². The highest BCUT2D eigenvalue weighted by molar-refractivity contribution is 9.10. The molecule has 1 aromatic heterocycles. The van der Waals surface area contributed by atoms with Crippen LogP contribution >= 0.6 is 39.0 Å². The molecule has 1 aliphatic rings. The van der Waals surface area contributed by atoms with Crippen LogP contribution in [0.5, 0.6) is 0 Å². The molecule has 2 unspecified atom stereocenters. The van der Waals surface area contributed by atoms with E-state index in [1.54, 1.807) is 23.1 Å². The minimum absolute atomic E-state index is 0.0226. The molecular formula is C12H19BrN2O2S3. The Balaban J connectivity index is 2.33. The van der Waals surface area contributed by atoms with Gasteiger partial charge in [0.2, 0.25) is 0 Å². The van der Waals surface area contributed by atoms with Crippen molar-refractivity contribution in [2.75, 3.05) is 30.9 Å². The van der Waals surface area contributed by atoms with Crippen molar-refractivity contribution in [1.82, 2.24) is 4.90 Å². The lowest BCUT2D eigenvalue weighted by Gasteiger charge is -2.39. The number of hydrogen-bond acceptors (Lipinski definition) is 6. The molecule has 0 bridgehead atoms. The molecule has 20 heavy (non-hydrogen) atoms. The lowest BCUT2D eigenvalue weighted by atomic mass is 10.2. The van der Waals surface area contributed by atoms with Crippen LogP contribution in [0, 0.1) is 6.92 Å². The maximum Gasteiger partial charge on any atom is 0.164 e. The summed E-state index contributed by atoms with van der Waals surface area (Å²) in [5, 5.41) is -0.434. The van der Waals surface area contributed by atoms with E-state index < -0.39 is 15.2 Å². The molecule has 1 aromatic rings.